The summed E-state index contributed by atoms with van der Waals surface area (Å²) in [5, 5.41) is 25.6. The lowest BCUT2D eigenvalue weighted by Crippen LogP contribution is -2.41. The van der Waals surface area contributed by atoms with Crippen molar-refractivity contribution < 1.29 is 28.7 Å². The third-order valence-corrected chi connectivity index (χ3v) is 5.23. The number of nitrogens with one attached hydrogen (secondary N) is 6. The fraction of sp³-hybridized carbons (Fsp3) is 0.769. The van der Waals surface area contributed by atoms with Crippen LogP contribution in [0.5, 0.6) is 0 Å². The van der Waals surface area contributed by atoms with Crippen LogP contribution in [0.3, 0.4) is 0 Å². The van der Waals surface area contributed by atoms with Gasteiger partial charge >= 0.3 is 23.8 Å². The number of carbonyl (C=O) groups excluding carboxylic acids is 4. The van der Waals surface area contributed by atoms with Crippen molar-refractivity contribution in [2.24, 2.45) is 0 Å². The molecule has 0 aliphatic rings. The van der Waals surface area contributed by atoms with E-state index in [1.807, 2.05) is 0 Å². The van der Waals surface area contributed by atoms with Gasteiger partial charge in [-0.2, -0.15) is 0 Å². The quantitative estimate of drug-likeness (QED) is 0.0502. The molecule has 0 saturated heterocycles. The lowest BCUT2D eigenvalue weighted by molar-refractivity contribution is -0.157. The molecule has 218 valence electrons. The molecule has 12 nitrogen and oxygen atoms in total. The van der Waals surface area contributed by atoms with Gasteiger partial charge in [-0.1, -0.05) is 12.8 Å². The minimum atomic E-state index is -0.706. The fourth-order valence-corrected chi connectivity index (χ4v) is 3.19. The molecule has 0 aromatic heterocycles. The second-order valence-corrected chi connectivity index (χ2v) is 10.6. The minimum Gasteiger partial charge on any atom is -0.458 e. The number of amides is 2. The molecule has 0 saturated carbocycles. The Morgan fingerprint density at radius 3 is 1.24 bits per heavy atom. The first-order valence-corrected chi connectivity index (χ1v) is 13.2. The smallest absolute Gasteiger partial charge is 0.309 e. The molecule has 6 N–H and O–H groups in total. The van der Waals surface area contributed by atoms with Crippen molar-refractivity contribution in [2.75, 3.05) is 26.2 Å². The standard InChI is InChI=1S/C26H48N6O6/c1-19(27)31-17-25(3,4)37-21(33)13-9-7-11-15-29-23(35)24(36)30-16-12-8-10-14-22(34)38-26(5,6)18-32-20(2)28/h7-18H2,1-6H3,(H2,27,31)(H2,28,32)(H,29,35)(H,30,36). The van der Waals surface area contributed by atoms with E-state index in [1.165, 1.54) is 0 Å². The van der Waals surface area contributed by atoms with Gasteiger partial charge in [-0.05, 0) is 67.2 Å². The molecule has 0 spiro atoms. The van der Waals surface area contributed by atoms with E-state index in [1.54, 1.807) is 41.5 Å². The molecular weight excluding hydrogens is 492 g/mol. The Bertz CT molecular complexity index is 746. The van der Waals surface area contributed by atoms with E-state index in [-0.39, 0.29) is 24.8 Å². The first-order valence-electron chi connectivity index (χ1n) is 13.2. The Kier molecular flexibility index (Phi) is 16.6. The van der Waals surface area contributed by atoms with Crippen LogP contribution >= 0.6 is 0 Å². The number of hydrogen-bond acceptors (Lipinski definition) is 8. The Labute approximate surface area is 226 Å². The van der Waals surface area contributed by atoms with E-state index in [0.717, 1.165) is 0 Å². The zero-order valence-corrected chi connectivity index (χ0v) is 23.9. The van der Waals surface area contributed by atoms with Crippen molar-refractivity contribution in [3.8, 4) is 0 Å². The van der Waals surface area contributed by atoms with Crippen LogP contribution in [0.2, 0.25) is 0 Å². The highest BCUT2D eigenvalue weighted by Crippen LogP contribution is 2.12. The number of ether oxygens (including phenoxy) is 2. The third kappa shape index (κ3) is 19.9. The van der Waals surface area contributed by atoms with Crippen molar-refractivity contribution in [3.63, 3.8) is 0 Å². The summed E-state index contributed by atoms with van der Waals surface area (Å²) in [7, 11) is 0. The van der Waals surface area contributed by atoms with Crippen molar-refractivity contribution in [2.45, 2.75) is 104 Å². The van der Waals surface area contributed by atoms with Gasteiger partial charge in [0.25, 0.3) is 0 Å². The summed E-state index contributed by atoms with van der Waals surface area (Å²) in [6, 6.07) is 0. The van der Waals surface area contributed by atoms with Gasteiger partial charge in [-0.25, -0.2) is 0 Å². The van der Waals surface area contributed by atoms with E-state index in [9.17, 15) is 19.2 Å². The van der Waals surface area contributed by atoms with Gasteiger partial charge in [0.05, 0.1) is 24.8 Å². The van der Waals surface area contributed by atoms with Crippen LogP contribution in [0, 0.1) is 10.8 Å². The highest BCUT2D eigenvalue weighted by molar-refractivity contribution is 6.35. The van der Waals surface area contributed by atoms with Crippen molar-refractivity contribution in [3.05, 3.63) is 0 Å². The lowest BCUT2D eigenvalue weighted by Gasteiger charge is -2.25. The number of esters is 2. The monoisotopic (exact) mass is 540 g/mol. The highest BCUT2D eigenvalue weighted by Gasteiger charge is 2.23. The number of carbonyl (C=O) groups is 4. The van der Waals surface area contributed by atoms with Crippen molar-refractivity contribution >= 4 is 35.4 Å². The van der Waals surface area contributed by atoms with Gasteiger partial charge < -0.3 is 30.7 Å². The topological polar surface area (TPSA) is 183 Å². The molecule has 0 bridgehead atoms. The largest absolute Gasteiger partial charge is 0.458 e. The number of amidine groups is 2. The van der Waals surface area contributed by atoms with Crippen LogP contribution in [0.15, 0.2) is 0 Å². The average molecular weight is 541 g/mol. The first kappa shape index (κ1) is 34.8. The molecule has 2 amide bonds. The van der Waals surface area contributed by atoms with Gasteiger partial charge in [-0.3, -0.25) is 30.0 Å². The fourth-order valence-electron chi connectivity index (χ4n) is 3.19. The molecule has 0 aromatic carbocycles. The Morgan fingerprint density at radius 1 is 0.579 bits per heavy atom. The molecule has 0 rings (SSSR count). The summed E-state index contributed by atoms with van der Waals surface area (Å²) in [6.07, 6.45) is 4.42. The highest BCUT2D eigenvalue weighted by atomic mass is 16.6. The normalized spacial score (nSPS) is 11.2. The van der Waals surface area contributed by atoms with Gasteiger partial charge in [0.1, 0.15) is 11.2 Å². The molecule has 0 heterocycles. The van der Waals surface area contributed by atoms with E-state index < -0.39 is 23.0 Å². The summed E-state index contributed by atoms with van der Waals surface area (Å²) in [6.45, 7) is 11.8. The van der Waals surface area contributed by atoms with E-state index in [4.69, 9.17) is 20.3 Å². The summed E-state index contributed by atoms with van der Waals surface area (Å²) >= 11 is 0. The predicted molar refractivity (Wildman–Crippen MR) is 146 cm³/mol. The van der Waals surface area contributed by atoms with Crippen LogP contribution in [-0.2, 0) is 28.7 Å². The summed E-state index contributed by atoms with van der Waals surface area (Å²) in [5.74, 6) is -1.39. The molecule has 0 unspecified atom stereocenters. The Morgan fingerprint density at radius 2 is 0.921 bits per heavy atom. The van der Waals surface area contributed by atoms with Gasteiger partial charge in [0, 0.05) is 25.9 Å². The Balaban J connectivity index is 3.84. The lowest BCUT2D eigenvalue weighted by atomic mass is 10.1. The number of hydrogen-bond donors (Lipinski definition) is 6. The van der Waals surface area contributed by atoms with E-state index in [0.29, 0.717) is 76.4 Å². The molecule has 0 aliphatic heterocycles. The van der Waals surface area contributed by atoms with Gasteiger partial charge in [-0.15, -0.1) is 0 Å². The maximum absolute atomic E-state index is 12.0. The second kappa shape index (κ2) is 18.1. The number of rotatable bonds is 18. The average Bonchev–Trinajstić information content (AvgIpc) is 2.80. The minimum absolute atomic E-state index is 0.262. The molecule has 0 atom stereocenters. The van der Waals surface area contributed by atoms with Crippen molar-refractivity contribution in [1.29, 1.82) is 10.8 Å². The zero-order chi connectivity index (χ0) is 29.2. The predicted octanol–water partition coefficient (Wildman–Crippen LogP) is 2.16. The Hall–Kier alpha value is -3.18. The second-order valence-electron chi connectivity index (χ2n) is 10.6. The maximum atomic E-state index is 12.0. The van der Waals surface area contributed by atoms with Gasteiger partial charge in [0.2, 0.25) is 0 Å². The van der Waals surface area contributed by atoms with Crippen LogP contribution in [0.1, 0.15) is 92.9 Å². The zero-order valence-electron chi connectivity index (χ0n) is 23.9. The van der Waals surface area contributed by atoms with E-state index in [2.05, 4.69) is 21.3 Å². The van der Waals surface area contributed by atoms with Crippen LogP contribution < -0.4 is 21.3 Å². The summed E-state index contributed by atoms with van der Waals surface area (Å²) < 4.78 is 10.8. The third-order valence-electron chi connectivity index (χ3n) is 5.23. The molecule has 0 aromatic rings. The number of unbranched alkanes of at least 4 members (excludes halogenated alkanes) is 4. The molecule has 12 heteroatoms. The van der Waals surface area contributed by atoms with Crippen LogP contribution in [0.25, 0.3) is 0 Å². The van der Waals surface area contributed by atoms with Crippen molar-refractivity contribution in [1.82, 2.24) is 21.3 Å². The van der Waals surface area contributed by atoms with Gasteiger partial charge in [0.15, 0.2) is 0 Å². The molecule has 0 fully saturated rings. The van der Waals surface area contributed by atoms with Crippen LogP contribution in [0.4, 0.5) is 0 Å². The molecule has 0 radical (unpaired) electrons. The molecular formula is C26H48N6O6. The summed E-state index contributed by atoms with van der Waals surface area (Å²) in [5.41, 5.74) is -1.41. The SMILES string of the molecule is CC(=N)NCC(C)(C)OC(=O)CCCCCNC(=O)C(=O)NCCCCCC(=O)OC(C)(C)CNC(C)=N. The molecule has 0 aliphatic carbocycles. The first-order chi connectivity index (χ1) is 17.6. The van der Waals surface area contributed by atoms with Crippen LogP contribution in [-0.4, -0.2) is 72.8 Å². The van der Waals surface area contributed by atoms with E-state index >= 15 is 0 Å². The summed E-state index contributed by atoms with van der Waals surface area (Å²) in [4.78, 5) is 47.7. The molecule has 38 heavy (non-hydrogen) atoms. The maximum Gasteiger partial charge on any atom is 0.309 e.